The monoisotopic (exact) mass is 334 g/mol. The SMILES string of the molecule is CC(C)CCN1CCN(C(=O)c2cn(C3CCNCC3)nn2)CC1. The van der Waals surface area contributed by atoms with Gasteiger partial charge in [0.2, 0.25) is 0 Å². The van der Waals surface area contributed by atoms with Gasteiger partial charge in [0.05, 0.1) is 12.2 Å². The first-order valence-corrected chi connectivity index (χ1v) is 9.27. The molecule has 1 aromatic rings. The fourth-order valence-electron chi connectivity index (χ4n) is 3.40. The van der Waals surface area contributed by atoms with Crippen LogP contribution in [0.2, 0.25) is 0 Å². The third-order valence-corrected chi connectivity index (χ3v) is 5.09. The van der Waals surface area contributed by atoms with Gasteiger partial charge in [-0.1, -0.05) is 19.1 Å². The molecule has 7 nitrogen and oxygen atoms in total. The van der Waals surface area contributed by atoms with E-state index in [1.165, 1.54) is 6.42 Å². The summed E-state index contributed by atoms with van der Waals surface area (Å²) in [6.07, 6.45) is 5.15. The van der Waals surface area contributed by atoms with Crippen molar-refractivity contribution in [1.82, 2.24) is 30.1 Å². The summed E-state index contributed by atoms with van der Waals surface area (Å²) in [7, 11) is 0. The quantitative estimate of drug-likeness (QED) is 0.870. The maximum Gasteiger partial charge on any atom is 0.276 e. The average Bonchev–Trinajstić information content (AvgIpc) is 3.10. The summed E-state index contributed by atoms with van der Waals surface area (Å²) in [6, 6.07) is 0.369. The largest absolute Gasteiger partial charge is 0.335 e. The molecule has 3 rings (SSSR count). The fraction of sp³-hybridized carbons (Fsp3) is 0.824. The minimum atomic E-state index is 0.0266. The van der Waals surface area contributed by atoms with Gasteiger partial charge in [-0.25, -0.2) is 4.68 Å². The van der Waals surface area contributed by atoms with E-state index in [9.17, 15) is 4.79 Å². The van der Waals surface area contributed by atoms with Crippen molar-refractivity contribution in [3.63, 3.8) is 0 Å². The molecule has 2 fully saturated rings. The van der Waals surface area contributed by atoms with E-state index in [-0.39, 0.29) is 5.91 Å². The number of amides is 1. The van der Waals surface area contributed by atoms with E-state index in [0.717, 1.165) is 64.6 Å². The molecule has 0 aromatic carbocycles. The van der Waals surface area contributed by atoms with Crippen LogP contribution >= 0.6 is 0 Å². The molecule has 134 valence electrons. The zero-order valence-electron chi connectivity index (χ0n) is 14.9. The molecule has 1 aromatic heterocycles. The number of aromatic nitrogens is 3. The highest BCUT2D eigenvalue weighted by Gasteiger charge is 2.25. The van der Waals surface area contributed by atoms with E-state index in [4.69, 9.17) is 0 Å². The highest BCUT2D eigenvalue weighted by atomic mass is 16.2. The Morgan fingerprint density at radius 3 is 2.62 bits per heavy atom. The van der Waals surface area contributed by atoms with E-state index >= 15 is 0 Å². The average molecular weight is 334 g/mol. The molecule has 1 amide bonds. The number of nitrogens with zero attached hydrogens (tertiary/aromatic N) is 5. The van der Waals surface area contributed by atoms with Crippen LogP contribution in [0.5, 0.6) is 0 Å². The second kappa shape index (κ2) is 8.07. The molecule has 3 heterocycles. The Bertz CT molecular complexity index is 529. The number of hydrogen-bond donors (Lipinski definition) is 1. The van der Waals surface area contributed by atoms with Gasteiger partial charge in [-0.2, -0.15) is 0 Å². The van der Waals surface area contributed by atoms with Crippen LogP contribution in [-0.2, 0) is 0 Å². The summed E-state index contributed by atoms with van der Waals surface area (Å²) in [5.41, 5.74) is 0.490. The van der Waals surface area contributed by atoms with Crippen molar-refractivity contribution in [3.8, 4) is 0 Å². The molecule has 0 atom stereocenters. The lowest BCUT2D eigenvalue weighted by molar-refractivity contribution is 0.0626. The first-order valence-electron chi connectivity index (χ1n) is 9.27. The highest BCUT2D eigenvalue weighted by Crippen LogP contribution is 2.17. The maximum absolute atomic E-state index is 12.6. The first kappa shape index (κ1) is 17.4. The Hall–Kier alpha value is -1.47. The van der Waals surface area contributed by atoms with Gasteiger partial charge in [0, 0.05) is 26.2 Å². The summed E-state index contributed by atoms with van der Waals surface area (Å²) >= 11 is 0. The van der Waals surface area contributed by atoms with Crippen LogP contribution in [0.25, 0.3) is 0 Å². The molecule has 0 unspecified atom stereocenters. The normalized spacial score (nSPS) is 20.7. The van der Waals surface area contributed by atoms with Gasteiger partial charge >= 0.3 is 0 Å². The molecule has 0 bridgehead atoms. The van der Waals surface area contributed by atoms with Crippen LogP contribution < -0.4 is 5.32 Å². The summed E-state index contributed by atoms with van der Waals surface area (Å²) in [5.74, 6) is 0.758. The maximum atomic E-state index is 12.6. The Labute approximate surface area is 144 Å². The number of rotatable bonds is 5. The molecule has 1 N–H and O–H groups in total. The van der Waals surface area contributed by atoms with Crippen molar-refractivity contribution in [3.05, 3.63) is 11.9 Å². The van der Waals surface area contributed by atoms with Crippen LogP contribution in [0, 0.1) is 5.92 Å². The second-order valence-electron chi connectivity index (χ2n) is 7.38. The van der Waals surface area contributed by atoms with Gasteiger partial charge in [-0.05, 0) is 44.8 Å². The minimum Gasteiger partial charge on any atom is -0.335 e. The van der Waals surface area contributed by atoms with Gasteiger partial charge < -0.3 is 10.2 Å². The number of piperidine rings is 1. The van der Waals surface area contributed by atoms with Crippen molar-refractivity contribution in [1.29, 1.82) is 0 Å². The highest BCUT2D eigenvalue weighted by molar-refractivity contribution is 5.92. The van der Waals surface area contributed by atoms with Gasteiger partial charge in [0.15, 0.2) is 5.69 Å². The van der Waals surface area contributed by atoms with Crippen molar-refractivity contribution in [2.24, 2.45) is 5.92 Å². The zero-order valence-corrected chi connectivity index (χ0v) is 14.9. The Morgan fingerprint density at radius 1 is 1.25 bits per heavy atom. The molecule has 2 aliphatic heterocycles. The number of carbonyl (C=O) groups is 1. The third-order valence-electron chi connectivity index (χ3n) is 5.09. The van der Waals surface area contributed by atoms with Gasteiger partial charge in [0.1, 0.15) is 0 Å². The molecule has 0 spiro atoms. The number of hydrogen-bond acceptors (Lipinski definition) is 5. The lowest BCUT2D eigenvalue weighted by Gasteiger charge is -2.34. The molecule has 2 saturated heterocycles. The lowest BCUT2D eigenvalue weighted by Crippen LogP contribution is -2.49. The topological polar surface area (TPSA) is 66.3 Å². The van der Waals surface area contributed by atoms with Gasteiger partial charge in [-0.3, -0.25) is 9.69 Å². The van der Waals surface area contributed by atoms with Crippen LogP contribution in [0.1, 0.15) is 49.6 Å². The lowest BCUT2D eigenvalue weighted by atomic mass is 10.1. The summed E-state index contributed by atoms with van der Waals surface area (Å²) in [4.78, 5) is 17.0. The molecule has 0 saturated carbocycles. The molecule has 24 heavy (non-hydrogen) atoms. The van der Waals surface area contributed by atoms with Crippen LogP contribution in [0.4, 0.5) is 0 Å². The predicted octanol–water partition coefficient (Wildman–Crippen LogP) is 1.01. The second-order valence-corrected chi connectivity index (χ2v) is 7.38. The van der Waals surface area contributed by atoms with Crippen molar-refractivity contribution in [2.75, 3.05) is 45.8 Å². The molecular formula is C17H30N6O. The van der Waals surface area contributed by atoms with Gasteiger partial charge in [-0.15, -0.1) is 5.10 Å². The Kier molecular flexibility index (Phi) is 5.84. The summed E-state index contributed by atoms with van der Waals surface area (Å²) in [6.45, 7) is 11.1. The molecular weight excluding hydrogens is 304 g/mol. The van der Waals surface area contributed by atoms with Crippen LogP contribution in [-0.4, -0.2) is 76.5 Å². The van der Waals surface area contributed by atoms with Crippen molar-refractivity contribution in [2.45, 2.75) is 39.2 Å². The molecule has 2 aliphatic rings. The summed E-state index contributed by atoms with van der Waals surface area (Å²) in [5, 5.41) is 11.7. The van der Waals surface area contributed by atoms with E-state index in [2.05, 4.69) is 34.4 Å². The minimum absolute atomic E-state index is 0.0266. The van der Waals surface area contributed by atoms with Crippen LogP contribution in [0.3, 0.4) is 0 Å². The molecule has 0 radical (unpaired) electrons. The Morgan fingerprint density at radius 2 is 1.96 bits per heavy atom. The standard InChI is InChI=1S/C17H30N6O/c1-14(2)5-8-21-9-11-22(12-10-21)17(24)16-13-23(20-19-16)15-3-6-18-7-4-15/h13-15,18H,3-12H2,1-2H3. The van der Waals surface area contributed by atoms with Crippen LogP contribution in [0.15, 0.2) is 6.20 Å². The van der Waals surface area contributed by atoms with Gasteiger partial charge in [0.25, 0.3) is 5.91 Å². The van der Waals surface area contributed by atoms with E-state index < -0.39 is 0 Å². The smallest absolute Gasteiger partial charge is 0.276 e. The zero-order chi connectivity index (χ0) is 16.9. The molecule has 0 aliphatic carbocycles. The van der Waals surface area contributed by atoms with Crippen molar-refractivity contribution >= 4 is 5.91 Å². The molecule has 7 heteroatoms. The number of piperazine rings is 1. The number of carbonyl (C=O) groups excluding carboxylic acids is 1. The summed E-state index contributed by atoms with van der Waals surface area (Å²) < 4.78 is 1.88. The number of nitrogens with one attached hydrogen (secondary N) is 1. The van der Waals surface area contributed by atoms with E-state index in [0.29, 0.717) is 11.7 Å². The Balaban J connectivity index is 1.51. The van der Waals surface area contributed by atoms with E-state index in [1.807, 2.05) is 15.8 Å². The first-order chi connectivity index (χ1) is 11.6. The van der Waals surface area contributed by atoms with Crippen molar-refractivity contribution < 1.29 is 4.79 Å². The fourth-order valence-corrected chi connectivity index (χ4v) is 3.40. The third kappa shape index (κ3) is 4.33. The van der Waals surface area contributed by atoms with E-state index in [1.54, 1.807) is 0 Å². The predicted molar refractivity (Wildman–Crippen MR) is 93.0 cm³/mol.